The summed E-state index contributed by atoms with van der Waals surface area (Å²) in [5.74, 6) is -0.347. The van der Waals surface area contributed by atoms with Crippen LogP contribution in [0.15, 0.2) is 23.7 Å². The molecule has 2 aromatic rings. The molecule has 0 aliphatic carbocycles. The Balaban J connectivity index is 2.38. The first kappa shape index (κ1) is 15.0. The van der Waals surface area contributed by atoms with Crippen molar-refractivity contribution in [1.82, 2.24) is 10.2 Å². The number of hydrogen-bond acceptors (Lipinski definition) is 6. The summed E-state index contributed by atoms with van der Waals surface area (Å²) in [5, 5.41) is 19.1. The third kappa shape index (κ3) is 3.05. The molecule has 21 heavy (non-hydrogen) atoms. The number of carbonyl (C=O) groups excluding carboxylic acids is 1. The number of benzene rings is 1. The number of rotatable bonds is 4. The summed E-state index contributed by atoms with van der Waals surface area (Å²) in [6.45, 7) is 3.74. The normalized spacial score (nSPS) is 10.7. The molecule has 0 saturated carbocycles. The minimum absolute atomic E-state index is 0.00967. The Morgan fingerprint density at radius 2 is 2.14 bits per heavy atom. The molecule has 1 aromatic heterocycles. The number of nitro groups is 1. The second kappa shape index (κ2) is 5.96. The van der Waals surface area contributed by atoms with Gasteiger partial charge >= 0.3 is 0 Å². The number of carbonyl (C=O) groups is 1. The molecule has 0 N–H and O–H groups in total. The van der Waals surface area contributed by atoms with E-state index in [1.165, 1.54) is 27.8 Å². The van der Waals surface area contributed by atoms with Gasteiger partial charge in [0.1, 0.15) is 5.51 Å². The second-order valence-corrected chi connectivity index (χ2v) is 5.58. The van der Waals surface area contributed by atoms with Gasteiger partial charge in [-0.3, -0.25) is 19.8 Å². The number of hydrogen-bond donors (Lipinski definition) is 0. The lowest BCUT2D eigenvalue weighted by atomic mass is 9.99. The molecule has 0 aliphatic rings. The van der Waals surface area contributed by atoms with E-state index in [2.05, 4.69) is 10.2 Å². The van der Waals surface area contributed by atoms with Gasteiger partial charge in [0.2, 0.25) is 5.13 Å². The van der Waals surface area contributed by atoms with Crippen molar-refractivity contribution >= 4 is 28.1 Å². The van der Waals surface area contributed by atoms with E-state index in [1.54, 1.807) is 19.2 Å². The fourth-order valence-corrected chi connectivity index (χ4v) is 2.44. The molecule has 0 radical (unpaired) electrons. The van der Waals surface area contributed by atoms with Crippen LogP contribution in [0, 0.1) is 10.1 Å². The topological polar surface area (TPSA) is 89.2 Å². The van der Waals surface area contributed by atoms with Gasteiger partial charge in [0.25, 0.3) is 11.6 Å². The third-order valence-electron chi connectivity index (χ3n) is 3.04. The van der Waals surface area contributed by atoms with Crippen LogP contribution in [0.2, 0.25) is 0 Å². The van der Waals surface area contributed by atoms with E-state index in [0.717, 1.165) is 0 Å². The summed E-state index contributed by atoms with van der Waals surface area (Å²) in [7, 11) is 1.56. The first-order valence-electron chi connectivity index (χ1n) is 6.24. The molecule has 0 saturated heterocycles. The van der Waals surface area contributed by atoms with Gasteiger partial charge in [-0.2, -0.15) is 0 Å². The third-order valence-corrected chi connectivity index (χ3v) is 3.80. The maximum atomic E-state index is 12.3. The van der Waals surface area contributed by atoms with Gasteiger partial charge in [-0.25, -0.2) is 0 Å². The molecule has 0 aliphatic heterocycles. The van der Waals surface area contributed by atoms with Crippen molar-refractivity contribution in [2.75, 3.05) is 11.9 Å². The molecule has 0 atom stereocenters. The molecule has 2 rings (SSSR count). The number of nitro benzene ring substituents is 1. The van der Waals surface area contributed by atoms with Crippen LogP contribution in [-0.4, -0.2) is 28.1 Å². The standard InChI is InChI=1S/C13H14N4O3S/c1-8(2)10-5-4-9(6-11(10)17(19)20)12(18)16(3)13-15-14-7-21-13/h4-8H,1-3H3. The second-order valence-electron chi connectivity index (χ2n) is 4.77. The Hall–Kier alpha value is -2.35. The molecule has 0 unspecified atom stereocenters. The smallest absolute Gasteiger partial charge is 0.273 e. The first-order chi connectivity index (χ1) is 9.91. The van der Waals surface area contributed by atoms with E-state index in [9.17, 15) is 14.9 Å². The molecular formula is C13H14N4O3S. The highest BCUT2D eigenvalue weighted by Crippen LogP contribution is 2.28. The molecular weight excluding hydrogens is 292 g/mol. The van der Waals surface area contributed by atoms with Crippen LogP contribution < -0.4 is 4.90 Å². The summed E-state index contributed by atoms with van der Waals surface area (Å²) >= 11 is 1.22. The summed E-state index contributed by atoms with van der Waals surface area (Å²) in [5.41, 5.74) is 2.34. The lowest BCUT2D eigenvalue weighted by molar-refractivity contribution is -0.385. The molecule has 1 aromatic carbocycles. The molecule has 7 nitrogen and oxygen atoms in total. The van der Waals surface area contributed by atoms with Crippen molar-refractivity contribution in [1.29, 1.82) is 0 Å². The van der Waals surface area contributed by atoms with Crippen LogP contribution in [0.25, 0.3) is 0 Å². The number of nitrogens with zero attached hydrogens (tertiary/aromatic N) is 4. The van der Waals surface area contributed by atoms with E-state index in [1.807, 2.05) is 13.8 Å². The summed E-state index contributed by atoms with van der Waals surface area (Å²) in [6.07, 6.45) is 0. The quantitative estimate of drug-likeness (QED) is 0.640. The molecule has 1 heterocycles. The fourth-order valence-electron chi connectivity index (χ4n) is 1.92. The Labute approximate surface area is 125 Å². The Kier molecular flexibility index (Phi) is 4.27. The maximum Gasteiger partial charge on any atom is 0.273 e. The van der Waals surface area contributed by atoms with Crippen LogP contribution in [0.3, 0.4) is 0 Å². The monoisotopic (exact) mass is 306 g/mol. The van der Waals surface area contributed by atoms with E-state index in [4.69, 9.17) is 0 Å². The van der Waals surface area contributed by atoms with Gasteiger partial charge < -0.3 is 0 Å². The zero-order valence-electron chi connectivity index (χ0n) is 11.8. The van der Waals surface area contributed by atoms with Gasteiger partial charge in [-0.15, -0.1) is 10.2 Å². The van der Waals surface area contributed by atoms with E-state index in [-0.39, 0.29) is 23.1 Å². The molecule has 0 fully saturated rings. The van der Waals surface area contributed by atoms with Crippen molar-refractivity contribution in [2.24, 2.45) is 0 Å². The lowest BCUT2D eigenvalue weighted by Gasteiger charge is -2.14. The van der Waals surface area contributed by atoms with Gasteiger partial charge in [0, 0.05) is 24.2 Å². The zero-order valence-corrected chi connectivity index (χ0v) is 12.6. The summed E-state index contributed by atoms with van der Waals surface area (Å²) in [4.78, 5) is 24.4. The van der Waals surface area contributed by atoms with Crippen LogP contribution in [0.4, 0.5) is 10.8 Å². The first-order valence-corrected chi connectivity index (χ1v) is 7.12. The number of anilines is 1. The number of aromatic nitrogens is 2. The largest absolute Gasteiger partial charge is 0.286 e. The molecule has 8 heteroatoms. The Bertz CT molecular complexity index is 670. The maximum absolute atomic E-state index is 12.3. The summed E-state index contributed by atoms with van der Waals surface area (Å²) < 4.78 is 0. The van der Waals surface area contributed by atoms with E-state index in [0.29, 0.717) is 10.7 Å². The highest BCUT2D eigenvalue weighted by atomic mass is 32.1. The fraction of sp³-hybridized carbons (Fsp3) is 0.308. The molecule has 0 spiro atoms. The Morgan fingerprint density at radius 3 is 2.67 bits per heavy atom. The van der Waals surface area contributed by atoms with Gasteiger partial charge in [-0.05, 0) is 12.0 Å². The van der Waals surface area contributed by atoms with Crippen molar-refractivity contribution in [3.8, 4) is 0 Å². The minimum atomic E-state index is -0.461. The van der Waals surface area contributed by atoms with Crippen LogP contribution in [0.5, 0.6) is 0 Å². The average Bonchev–Trinajstić information content (AvgIpc) is 2.99. The highest BCUT2D eigenvalue weighted by molar-refractivity contribution is 7.13. The van der Waals surface area contributed by atoms with Gasteiger partial charge in [-0.1, -0.05) is 31.3 Å². The predicted molar refractivity (Wildman–Crippen MR) is 79.8 cm³/mol. The van der Waals surface area contributed by atoms with Crippen molar-refractivity contribution in [3.63, 3.8) is 0 Å². The molecule has 110 valence electrons. The van der Waals surface area contributed by atoms with Crippen molar-refractivity contribution < 1.29 is 9.72 Å². The predicted octanol–water partition coefficient (Wildman–Crippen LogP) is 2.85. The van der Waals surface area contributed by atoms with Crippen molar-refractivity contribution in [3.05, 3.63) is 45.0 Å². The van der Waals surface area contributed by atoms with Crippen molar-refractivity contribution in [2.45, 2.75) is 19.8 Å². The SMILES string of the molecule is CC(C)c1ccc(C(=O)N(C)c2nncs2)cc1[N+](=O)[O-]. The summed E-state index contributed by atoms with van der Waals surface area (Å²) in [6, 6.07) is 4.54. The lowest BCUT2D eigenvalue weighted by Crippen LogP contribution is -2.26. The Morgan fingerprint density at radius 1 is 1.43 bits per heavy atom. The minimum Gasteiger partial charge on any atom is -0.286 e. The van der Waals surface area contributed by atoms with E-state index >= 15 is 0 Å². The average molecular weight is 306 g/mol. The van der Waals surface area contributed by atoms with Crippen LogP contribution >= 0.6 is 11.3 Å². The number of amides is 1. The zero-order chi connectivity index (χ0) is 15.6. The van der Waals surface area contributed by atoms with Gasteiger partial charge in [0.05, 0.1) is 4.92 Å². The molecule has 1 amide bonds. The molecule has 0 bridgehead atoms. The highest BCUT2D eigenvalue weighted by Gasteiger charge is 2.22. The van der Waals surface area contributed by atoms with E-state index < -0.39 is 4.92 Å². The van der Waals surface area contributed by atoms with Crippen LogP contribution in [-0.2, 0) is 0 Å². The van der Waals surface area contributed by atoms with Gasteiger partial charge in [0.15, 0.2) is 0 Å². The van der Waals surface area contributed by atoms with Crippen LogP contribution in [0.1, 0.15) is 35.7 Å².